The molecule has 0 atom stereocenters. The van der Waals surface area contributed by atoms with Crippen LogP contribution < -0.4 is 10.6 Å². The van der Waals surface area contributed by atoms with Crippen LogP contribution in [-0.2, 0) is 4.79 Å². The predicted molar refractivity (Wildman–Crippen MR) is 84.5 cm³/mol. The van der Waals surface area contributed by atoms with Gasteiger partial charge in [0.15, 0.2) is 0 Å². The molecule has 1 fully saturated rings. The first-order valence-electron chi connectivity index (χ1n) is 7.11. The number of benzene rings is 1. The van der Waals surface area contributed by atoms with Crippen LogP contribution in [0.5, 0.6) is 0 Å². The van der Waals surface area contributed by atoms with Crippen molar-refractivity contribution < 1.29 is 4.79 Å². The Morgan fingerprint density at radius 3 is 2.60 bits per heavy atom. The van der Waals surface area contributed by atoms with Crippen LogP contribution in [0, 0.1) is 5.92 Å². The Balaban J connectivity index is 1.70. The molecule has 0 aromatic heterocycles. The van der Waals surface area contributed by atoms with E-state index < -0.39 is 0 Å². The molecule has 1 aromatic carbocycles. The van der Waals surface area contributed by atoms with Crippen LogP contribution >= 0.6 is 23.2 Å². The molecule has 0 radical (unpaired) electrons. The fourth-order valence-corrected chi connectivity index (χ4v) is 2.86. The maximum absolute atomic E-state index is 11.8. The van der Waals surface area contributed by atoms with Crippen molar-refractivity contribution >= 4 is 34.8 Å². The van der Waals surface area contributed by atoms with Gasteiger partial charge in [0, 0.05) is 5.69 Å². The van der Waals surface area contributed by atoms with E-state index in [4.69, 9.17) is 23.2 Å². The Morgan fingerprint density at radius 2 is 1.90 bits per heavy atom. The zero-order valence-electron chi connectivity index (χ0n) is 11.4. The summed E-state index contributed by atoms with van der Waals surface area (Å²) in [4.78, 5) is 11.8. The lowest BCUT2D eigenvalue weighted by Gasteiger charge is -2.21. The van der Waals surface area contributed by atoms with Crippen molar-refractivity contribution in [3.8, 4) is 0 Å². The van der Waals surface area contributed by atoms with Crippen molar-refractivity contribution in [1.29, 1.82) is 0 Å². The fourth-order valence-electron chi connectivity index (χ4n) is 2.56. The van der Waals surface area contributed by atoms with E-state index in [2.05, 4.69) is 10.6 Å². The maximum atomic E-state index is 11.8. The van der Waals surface area contributed by atoms with Gasteiger partial charge in [-0.25, -0.2) is 0 Å². The van der Waals surface area contributed by atoms with Gasteiger partial charge in [-0.2, -0.15) is 0 Å². The predicted octanol–water partition coefficient (Wildman–Crippen LogP) is 4.10. The van der Waals surface area contributed by atoms with Crippen LogP contribution in [0.15, 0.2) is 18.2 Å². The number of rotatable bonds is 5. The number of halogens is 2. The van der Waals surface area contributed by atoms with Gasteiger partial charge in [0.1, 0.15) is 0 Å². The summed E-state index contributed by atoms with van der Waals surface area (Å²) in [6, 6.07) is 5.07. The first-order valence-corrected chi connectivity index (χ1v) is 7.86. The SMILES string of the molecule is O=C(CNCC1CCCCC1)Nc1ccc(Cl)c(Cl)c1. The minimum Gasteiger partial charge on any atom is -0.325 e. The lowest BCUT2D eigenvalue weighted by Crippen LogP contribution is -2.32. The number of amides is 1. The summed E-state index contributed by atoms with van der Waals surface area (Å²) in [5, 5.41) is 6.96. The number of hydrogen-bond acceptors (Lipinski definition) is 2. The van der Waals surface area contributed by atoms with E-state index >= 15 is 0 Å². The highest BCUT2D eigenvalue weighted by Crippen LogP contribution is 2.25. The first-order chi connectivity index (χ1) is 9.65. The lowest BCUT2D eigenvalue weighted by molar-refractivity contribution is -0.115. The summed E-state index contributed by atoms with van der Waals surface area (Å²) >= 11 is 11.7. The summed E-state index contributed by atoms with van der Waals surface area (Å²) in [7, 11) is 0. The Kier molecular flexibility index (Phi) is 6.14. The molecule has 0 unspecified atom stereocenters. The van der Waals surface area contributed by atoms with Crippen LogP contribution in [0.2, 0.25) is 10.0 Å². The summed E-state index contributed by atoms with van der Waals surface area (Å²) in [5.74, 6) is 0.667. The standard InChI is InChI=1S/C15H20Cl2N2O/c16-13-7-6-12(8-14(13)17)19-15(20)10-18-9-11-4-2-1-3-5-11/h6-8,11,18H,1-5,9-10H2,(H,19,20). The molecule has 0 spiro atoms. The molecule has 2 N–H and O–H groups in total. The van der Waals surface area contributed by atoms with Gasteiger partial charge in [-0.1, -0.05) is 42.5 Å². The molecule has 0 saturated heterocycles. The molecule has 1 saturated carbocycles. The van der Waals surface area contributed by atoms with Crippen molar-refractivity contribution in [2.24, 2.45) is 5.92 Å². The minimum atomic E-state index is -0.0563. The van der Waals surface area contributed by atoms with E-state index in [0.717, 1.165) is 12.5 Å². The topological polar surface area (TPSA) is 41.1 Å². The Morgan fingerprint density at radius 1 is 1.15 bits per heavy atom. The van der Waals surface area contributed by atoms with Gasteiger partial charge in [0.25, 0.3) is 0 Å². The van der Waals surface area contributed by atoms with E-state index in [1.54, 1.807) is 18.2 Å². The molecular formula is C15H20Cl2N2O. The molecule has 1 amide bonds. The molecule has 2 rings (SSSR count). The average molecular weight is 315 g/mol. The third-order valence-corrected chi connectivity index (χ3v) is 4.39. The van der Waals surface area contributed by atoms with Gasteiger partial charge in [-0.15, -0.1) is 0 Å². The molecule has 0 heterocycles. The van der Waals surface area contributed by atoms with Crippen molar-refractivity contribution in [3.63, 3.8) is 0 Å². The van der Waals surface area contributed by atoms with Crippen LogP contribution in [0.25, 0.3) is 0 Å². The molecule has 0 aliphatic heterocycles. The zero-order valence-corrected chi connectivity index (χ0v) is 12.9. The third-order valence-electron chi connectivity index (χ3n) is 3.65. The van der Waals surface area contributed by atoms with Crippen molar-refractivity contribution in [2.45, 2.75) is 32.1 Å². The number of nitrogens with one attached hydrogen (secondary N) is 2. The van der Waals surface area contributed by atoms with Crippen molar-refractivity contribution in [3.05, 3.63) is 28.2 Å². The Labute approximate surface area is 130 Å². The largest absolute Gasteiger partial charge is 0.325 e. The van der Waals surface area contributed by atoms with E-state index in [1.807, 2.05) is 0 Å². The van der Waals surface area contributed by atoms with Gasteiger partial charge in [0.05, 0.1) is 16.6 Å². The molecule has 3 nitrogen and oxygen atoms in total. The van der Waals surface area contributed by atoms with Gasteiger partial charge >= 0.3 is 0 Å². The second-order valence-corrected chi connectivity index (χ2v) is 6.13. The molecular weight excluding hydrogens is 295 g/mol. The first kappa shape index (κ1) is 15.6. The third kappa shape index (κ3) is 4.97. The van der Waals surface area contributed by atoms with E-state index in [0.29, 0.717) is 22.3 Å². The summed E-state index contributed by atoms with van der Waals surface area (Å²) in [5.41, 5.74) is 0.670. The highest BCUT2D eigenvalue weighted by Gasteiger charge is 2.13. The average Bonchev–Trinajstić information content (AvgIpc) is 2.44. The lowest BCUT2D eigenvalue weighted by atomic mass is 9.89. The summed E-state index contributed by atoms with van der Waals surface area (Å²) in [6.45, 7) is 1.26. The van der Waals surface area contributed by atoms with E-state index in [9.17, 15) is 4.79 Å². The highest BCUT2D eigenvalue weighted by atomic mass is 35.5. The zero-order chi connectivity index (χ0) is 14.4. The molecule has 20 heavy (non-hydrogen) atoms. The van der Waals surface area contributed by atoms with Gasteiger partial charge in [0.2, 0.25) is 5.91 Å². The van der Waals surface area contributed by atoms with Crippen LogP contribution in [0.4, 0.5) is 5.69 Å². The second kappa shape index (κ2) is 7.87. The Hall–Kier alpha value is -0.770. The fraction of sp³-hybridized carbons (Fsp3) is 0.533. The number of anilines is 1. The van der Waals surface area contributed by atoms with Gasteiger partial charge < -0.3 is 10.6 Å². The molecule has 110 valence electrons. The van der Waals surface area contributed by atoms with Crippen LogP contribution in [0.1, 0.15) is 32.1 Å². The molecule has 1 aliphatic carbocycles. The second-order valence-electron chi connectivity index (χ2n) is 5.31. The number of carbonyl (C=O) groups is 1. The van der Waals surface area contributed by atoms with E-state index in [-0.39, 0.29) is 5.91 Å². The quantitative estimate of drug-likeness (QED) is 0.859. The van der Waals surface area contributed by atoms with Crippen LogP contribution in [0.3, 0.4) is 0 Å². The van der Waals surface area contributed by atoms with Gasteiger partial charge in [-0.3, -0.25) is 4.79 Å². The maximum Gasteiger partial charge on any atom is 0.238 e. The normalized spacial score (nSPS) is 16.1. The molecule has 0 bridgehead atoms. The van der Waals surface area contributed by atoms with Gasteiger partial charge in [-0.05, 0) is 43.5 Å². The summed E-state index contributed by atoms with van der Waals surface area (Å²) < 4.78 is 0. The van der Waals surface area contributed by atoms with E-state index in [1.165, 1.54) is 32.1 Å². The van der Waals surface area contributed by atoms with Crippen molar-refractivity contribution in [2.75, 3.05) is 18.4 Å². The monoisotopic (exact) mass is 314 g/mol. The molecule has 1 aromatic rings. The van der Waals surface area contributed by atoms with Crippen molar-refractivity contribution in [1.82, 2.24) is 5.32 Å². The Bertz CT molecular complexity index is 459. The highest BCUT2D eigenvalue weighted by molar-refractivity contribution is 6.42. The summed E-state index contributed by atoms with van der Waals surface area (Å²) in [6.07, 6.45) is 6.56. The smallest absolute Gasteiger partial charge is 0.238 e. The number of hydrogen-bond donors (Lipinski definition) is 2. The minimum absolute atomic E-state index is 0.0563. The molecule has 5 heteroatoms. The van der Waals surface area contributed by atoms with Crippen LogP contribution in [-0.4, -0.2) is 19.0 Å². The number of carbonyl (C=O) groups excluding carboxylic acids is 1. The molecule has 1 aliphatic rings.